The standard InChI is InChI=1S/C22H13N3O3S/c26-21-17-13-16(25(27)28)11-12-18(17)29-22-23-19(14-7-3-1-4-8-14)20(24(21)22)15-9-5-2-6-10-15/h1-13H. The van der Waals surface area contributed by atoms with Crippen LogP contribution in [0, 0.1) is 10.1 Å². The molecule has 29 heavy (non-hydrogen) atoms. The Kier molecular flexibility index (Phi) is 3.96. The molecule has 3 aromatic carbocycles. The van der Waals surface area contributed by atoms with Gasteiger partial charge in [-0.2, -0.15) is 0 Å². The third-order valence-electron chi connectivity index (χ3n) is 4.75. The predicted molar refractivity (Wildman–Crippen MR) is 114 cm³/mol. The lowest BCUT2D eigenvalue weighted by Crippen LogP contribution is -2.13. The van der Waals surface area contributed by atoms with Crippen LogP contribution in [0.2, 0.25) is 0 Å². The Morgan fingerprint density at radius 3 is 2.21 bits per heavy atom. The zero-order valence-corrected chi connectivity index (χ0v) is 15.8. The molecule has 0 fully saturated rings. The molecule has 0 spiro atoms. The third-order valence-corrected chi connectivity index (χ3v) is 5.78. The molecule has 5 aromatic rings. The van der Waals surface area contributed by atoms with Crippen LogP contribution in [0.5, 0.6) is 0 Å². The summed E-state index contributed by atoms with van der Waals surface area (Å²) in [7, 11) is 0. The second kappa shape index (κ2) is 6.65. The highest BCUT2D eigenvalue weighted by atomic mass is 32.1. The maximum atomic E-state index is 13.4. The van der Waals surface area contributed by atoms with Gasteiger partial charge in [0.05, 0.1) is 21.7 Å². The fraction of sp³-hybridized carbons (Fsp3) is 0. The highest BCUT2D eigenvalue weighted by Gasteiger charge is 2.20. The van der Waals surface area contributed by atoms with E-state index >= 15 is 0 Å². The molecular weight excluding hydrogens is 386 g/mol. The largest absolute Gasteiger partial charge is 0.270 e. The number of imidazole rings is 1. The van der Waals surface area contributed by atoms with Gasteiger partial charge in [-0.05, 0) is 6.07 Å². The van der Waals surface area contributed by atoms with Gasteiger partial charge in [-0.15, -0.1) is 0 Å². The average molecular weight is 399 g/mol. The fourth-order valence-corrected chi connectivity index (χ4v) is 4.41. The number of hydrogen-bond acceptors (Lipinski definition) is 5. The molecule has 0 aliphatic rings. The number of benzene rings is 3. The zero-order chi connectivity index (χ0) is 20.0. The highest BCUT2D eigenvalue weighted by molar-refractivity contribution is 7.23. The maximum absolute atomic E-state index is 13.4. The predicted octanol–water partition coefficient (Wildman–Crippen LogP) is 5.15. The van der Waals surface area contributed by atoms with Crippen molar-refractivity contribution in [1.29, 1.82) is 0 Å². The summed E-state index contributed by atoms with van der Waals surface area (Å²) in [6.45, 7) is 0. The Balaban J connectivity index is 1.94. The zero-order valence-electron chi connectivity index (χ0n) is 15.0. The van der Waals surface area contributed by atoms with Gasteiger partial charge in [-0.25, -0.2) is 9.38 Å². The number of aromatic nitrogens is 2. The van der Waals surface area contributed by atoms with Crippen LogP contribution in [0.15, 0.2) is 83.7 Å². The average Bonchev–Trinajstić information content (AvgIpc) is 3.14. The molecule has 0 N–H and O–H groups in total. The molecule has 0 amide bonds. The minimum Gasteiger partial charge on any atom is -0.268 e. The quantitative estimate of drug-likeness (QED) is 0.310. The second-order valence-electron chi connectivity index (χ2n) is 6.50. The third kappa shape index (κ3) is 2.79. The van der Waals surface area contributed by atoms with Gasteiger partial charge in [-0.3, -0.25) is 14.9 Å². The summed E-state index contributed by atoms with van der Waals surface area (Å²) < 4.78 is 2.23. The van der Waals surface area contributed by atoms with Crippen molar-refractivity contribution in [1.82, 2.24) is 9.38 Å². The molecule has 2 aromatic heterocycles. The van der Waals surface area contributed by atoms with Crippen LogP contribution in [-0.2, 0) is 0 Å². The van der Waals surface area contributed by atoms with E-state index in [1.807, 2.05) is 60.7 Å². The Hall–Kier alpha value is -3.84. The van der Waals surface area contributed by atoms with E-state index in [1.165, 1.54) is 23.5 Å². The Morgan fingerprint density at radius 2 is 1.55 bits per heavy atom. The van der Waals surface area contributed by atoms with Gasteiger partial charge in [0, 0.05) is 28.0 Å². The van der Waals surface area contributed by atoms with E-state index in [2.05, 4.69) is 0 Å². The van der Waals surface area contributed by atoms with Crippen LogP contribution in [0.3, 0.4) is 0 Å². The lowest BCUT2D eigenvalue weighted by Gasteiger charge is -2.06. The van der Waals surface area contributed by atoms with Crippen molar-refractivity contribution in [2.45, 2.75) is 0 Å². The van der Waals surface area contributed by atoms with E-state index in [1.54, 1.807) is 10.5 Å². The fourth-order valence-electron chi connectivity index (χ4n) is 3.42. The van der Waals surface area contributed by atoms with E-state index in [-0.39, 0.29) is 11.2 Å². The van der Waals surface area contributed by atoms with E-state index in [0.717, 1.165) is 11.1 Å². The lowest BCUT2D eigenvalue weighted by molar-refractivity contribution is -0.384. The van der Waals surface area contributed by atoms with Crippen LogP contribution in [0.25, 0.3) is 37.6 Å². The van der Waals surface area contributed by atoms with Crippen molar-refractivity contribution in [2.75, 3.05) is 0 Å². The Labute approximate surface area is 168 Å². The summed E-state index contributed by atoms with van der Waals surface area (Å²) in [5.41, 5.74) is 2.72. The first kappa shape index (κ1) is 17.3. The summed E-state index contributed by atoms with van der Waals surface area (Å²) in [5.74, 6) is 0. The summed E-state index contributed by atoms with van der Waals surface area (Å²) in [5, 5.41) is 11.5. The second-order valence-corrected chi connectivity index (χ2v) is 7.51. The molecular formula is C22H13N3O3S. The van der Waals surface area contributed by atoms with Gasteiger partial charge < -0.3 is 0 Å². The first-order chi connectivity index (χ1) is 14.1. The first-order valence-corrected chi connectivity index (χ1v) is 9.70. The van der Waals surface area contributed by atoms with Crippen LogP contribution in [-0.4, -0.2) is 14.3 Å². The van der Waals surface area contributed by atoms with Crippen molar-refractivity contribution in [2.24, 2.45) is 0 Å². The van der Waals surface area contributed by atoms with Crippen molar-refractivity contribution in [3.63, 3.8) is 0 Å². The van der Waals surface area contributed by atoms with Gasteiger partial charge in [0.15, 0.2) is 4.96 Å². The maximum Gasteiger partial charge on any atom is 0.270 e. The SMILES string of the molecule is O=c1c2cc([N+](=O)[O-])ccc2sc2nc(-c3ccccc3)c(-c3ccccc3)n12. The highest BCUT2D eigenvalue weighted by Crippen LogP contribution is 2.34. The van der Waals surface area contributed by atoms with Gasteiger partial charge in [0.25, 0.3) is 11.2 Å². The van der Waals surface area contributed by atoms with E-state index in [4.69, 9.17) is 4.98 Å². The number of hydrogen-bond donors (Lipinski definition) is 0. The smallest absolute Gasteiger partial charge is 0.268 e. The molecule has 7 heteroatoms. The molecule has 140 valence electrons. The minimum atomic E-state index is -0.491. The number of non-ortho nitro benzene ring substituents is 1. The van der Waals surface area contributed by atoms with Crippen LogP contribution in [0.4, 0.5) is 5.69 Å². The van der Waals surface area contributed by atoms with Gasteiger partial charge in [-0.1, -0.05) is 72.0 Å². The molecule has 0 saturated heterocycles. The minimum absolute atomic E-state index is 0.106. The molecule has 0 atom stereocenters. The van der Waals surface area contributed by atoms with E-state index < -0.39 is 4.92 Å². The van der Waals surface area contributed by atoms with Crippen molar-refractivity contribution >= 4 is 32.1 Å². The normalized spacial score (nSPS) is 11.2. The number of fused-ring (bicyclic) bond motifs is 2. The molecule has 6 nitrogen and oxygen atoms in total. The molecule has 5 rings (SSSR count). The topological polar surface area (TPSA) is 77.5 Å². The summed E-state index contributed by atoms with van der Waals surface area (Å²) in [6.07, 6.45) is 0. The summed E-state index contributed by atoms with van der Waals surface area (Å²) in [6, 6.07) is 23.6. The van der Waals surface area contributed by atoms with Crippen LogP contribution < -0.4 is 5.56 Å². The molecule has 0 radical (unpaired) electrons. The van der Waals surface area contributed by atoms with Crippen LogP contribution >= 0.6 is 11.3 Å². The molecule has 0 bridgehead atoms. The Morgan fingerprint density at radius 1 is 0.897 bits per heavy atom. The Bertz CT molecular complexity index is 1440. The van der Waals surface area contributed by atoms with Gasteiger partial charge >= 0.3 is 0 Å². The number of nitrogens with zero attached hydrogens (tertiary/aromatic N) is 3. The van der Waals surface area contributed by atoms with Gasteiger partial charge in [0.2, 0.25) is 0 Å². The number of nitro benzene ring substituents is 1. The molecule has 0 aliphatic heterocycles. The molecule has 0 unspecified atom stereocenters. The van der Waals surface area contributed by atoms with Crippen molar-refractivity contribution < 1.29 is 4.92 Å². The van der Waals surface area contributed by atoms with Crippen molar-refractivity contribution in [3.8, 4) is 22.5 Å². The monoisotopic (exact) mass is 399 g/mol. The first-order valence-electron chi connectivity index (χ1n) is 8.88. The van der Waals surface area contributed by atoms with Crippen molar-refractivity contribution in [3.05, 3.63) is 99.3 Å². The lowest BCUT2D eigenvalue weighted by atomic mass is 10.0. The van der Waals surface area contributed by atoms with Crippen LogP contribution in [0.1, 0.15) is 0 Å². The molecule has 0 aliphatic carbocycles. The molecule has 0 saturated carbocycles. The number of rotatable bonds is 3. The van der Waals surface area contributed by atoms with E-state index in [9.17, 15) is 14.9 Å². The van der Waals surface area contributed by atoms with E-state index in [0.29, 0.717) is 26.4 Å². The molecule has 2 heterocycles. The summed E-state index contributed by atoms with van der Waals surface area (Å²) >= 11 is 1.34. The van der Waals surface area contributed by atoms with Gasteiger partial charge in [0.1, 0.15) is 0 Å². The number of nitro groups is 1. The summed E-state index contributed by atoms with van der Waals surface area (Å²) in [4.78, 5) is 29.4.